The van der Waals surface area contributed by atoms with Crippen molar-refractivity contribution in [3.8, 4) is 0 Å². The Morgan fingerprint density at radius 3 is 2.29 bits per heavy atom. The SMILES string of the molecule is CC(C)NC(=O)C=Cc1ccc(N(C)C)cc1. The molecule has 0 fully saturated rings. The Bertz CT molecular complexity index is 391. The Kier molecular flexibility index (Phi) is 4.76. The highest BCUT2D eigenvalue weighted by molar-refractivity contribution is 5.91. The molecule has 3 nitrogen and oxygen atoms in total. The van der Waals surface area contributed by atoms with Crippen molar-refractivity contribution >= 4 is 17.7 Å². The number of benzene rings is 1. The minimum atomic E-state index is -0.0586. The molecule has 1 amide bonds. The van der Waals surface area contributed by atoms with Crippen LogP contribution >= 0.6 is 0 Å². The molecule has 1 N–H and O–H groups in total. The molecule has 0 heterocycles. The van der Waals surface area contributed by atoms with E-state index in [1.54, 1.807) is 6.08 Å². The Hall–Kier alpha value is -1.77. The molecule has 17 heavy (non-hydrogen) atoms. The molecule has 0 aromatic heterocycles. The van der Waals surface area contributed by atoms with Gasteiger partial charge in [0.2, 0.25) is 5.91 Å². The summed E-state index contributed by atoms with van der Waals surface area (Å²) in [4.78, 5) is 13.4. The third-order valence-corrected chi connectivity index (χ3v) is 2.27. The summed E-state index contributed by atoms with van der Waals surface area (Å²) in [6, 6.07) is 8.21. The lowest BCUT2D eigenvalue weighted by molar-refractivity contribution is -0.116. The van der Waals surface area contributed by atoms with Crippen LogP contribution in [0, 0.1) is 0 Å². The molecule has 0 saturated carbocycles. The third kappa shape index (κ3) is 4.72. The lowest BCUT2D eigenvalue weighted by Crippen LogP contribution is -2.28. The second-order valence-corrected chi connectivity index (χ2v) is 4.48. The van der Waals surface area contributed by atoms with Crippen molar-refractivity contribution in [1.82, 2.24) is 5.32 Å². The first kappa shape index (κ1) is 13.3. The van der Waals surface area contributed by atoms with Gasteiger partial charge in [0.1, 0.15) is 0 Å². The number of nitrogens with one attached hydrogen (secondary N) is 1. The Labute approximate surface area is 103 Å². The highest BCUT2D eigenvalue weighted by Gasteiger charge is 1.98. The Balaban J connectivity index is 2.63. The van der Waals surface area contributed by atoms with Gasteiger partial charge in [-0.15, -0.1) is 0 Å². The van der Waals surface area contributed by atoms with E-state index in [-0.39, 0.29) is 11.9 Å². The van der Waals surface area contributed by atoms with Gasteiger partial charge in [0.25, 0.3) is 0 Å². The summed E-state index contributed by atoms with van der Waals surface area (Å²) >= 11 is 0. The van der Waals surface area contributed by atoms with Gasteiger partial charge in [0, 0.05) is 31.9 Å². The van der Waals surface area contributed by atoms with Gasteiger partial charge in [-0.2, -0.15) is 0 Å². The monoisotopic (exact) mass is 232 g/mol. The highest BCUT2D eigenvalue weighted by Crippen LogP contribution is 2.12. The average molecular weight is 232 g/mol. The minimum absolute atomic E-state index is 0.0586. The first-order valence-corrected chi connectivity index (χ1v) is 5.75. The second-order valence-electron chi connectivity index (χ2n) is 4.48. The van der Waals surface area contributed by atoms with Gasteiger partial charge in [-0.25, -0.2) is 0 Å². The molecule has 0 saturated heterocycles. The molecule has 92 valence electrons. The quantitative estimate of drug-likeness (QED) is 0.808. The fourth-order valence-corrected chi connectivity index (χ4v) is 1.39. The molecule has 0 bridgehead atoms. The van der Waals surface area contributed by atoms with E-state index in [4.69, 9.17) is 0 Å². The molecule has 3 heteroatoms. The molecule has 1 aromatic carbocycles. The number of amides is 1. The smallest absolute Gasteiger partial charge is 0.244 e. The van der Waals surface area contributed by atoms with Gasteiger partial charge < -0.3 is 10.2 Å². The number of carbonyl (C=O) groups excluding carboxylic acids is 1. The van der Waals surface area contributed by atoms with Crippen LogP contribution in [0.25, 0.3) is 6.08 Å². The van der Waals surface area contributed by atoms with Crippen LogP contribution in [0.3, 0.4) is 0 Å². The lowest BCUT2D eigenvalue weighted by Gasteiger charge is -2.11. The van der Waals surface area contributed by atoms with Crippen LogP contribution in [0.2, 0.25) is 0 Å². The summed E-state index contributed by atoms with van der Waals surface area (Å²) in [5.41, 5.74) is 2.17. The molecule has 0 spiro atoms. The molecule has 0 atom stereocenters. The second kappa shape index (κ2) is 6.09. The Morgan fingerprint density at radius 1 is 1.24 bits per heavy atom. The van der Waals surface area contributed by atoms with Gasteiger partial charge in [-0.3, -0.25) is 4.79 Å². The average Bonchev–Trinajstić information content (AvgIpc) is 2.26. The van der Waals surface area contributed by atoms with E-state index in [9.17, 15) is 4.79 Å². The van der Waals surface area contributed by atoms with Gasteiger partial charge in [-0.05, 0) is 37.6 Å². The Morgan fingerprint density at radius 2 is 1.82 bits per heavy atom. The van der Waals surface area contributed by atoms with Gasteiger partial charge in [0.05, 0.1) is 0 Å². The molecular formula is C14H20N2O. The topological polar surface area (TPSA) is 32.3 Å². The molecule has 0 aliphatic carbocycles. The number of nitrogens with zero attached hydrogens (tertiary/aromatic N) is 1. The number of anilines is 1. The molecule has 0 aliphatic heterocycles. The first-order valence-electron chi connectivity index (χ1n) is 5.75. The maximum absolute atomic E-state index is 11.4. The van der Waals surface area contributed by atoms with Crippen LogP contribution in [-0.2, 0) is 4.79 Å². The largest absolute Gasteiger partial charge is 0.378 e. The predicted molar refractivity (Wildman–Crippen MR) is 73.1 cm³/mol. The van der Waals surface area contributed by atoms with E-state index in [0.717, 1.165) is 11.3 Å². The van der Waals surface area contributed by atoms with Crippen molar-refractivity contribution in [1.29, 1.82) is 0 Å². The first-order chi connectivity index (χ1) is 7.99. The van der Waals surface area contributed by atoms with Crippen molar-refractivity contribution < 1.29 is 4.79 Å². The van der Waals surface area contributed by atoms with Crippen LogP contribution in [0.5, 0.6) is 0 Å². The molecule has 1 rings (SSSR count). The van der Waals surface area contributed by atoms with Gasteiger partial charge >= 0.3 is 0 Å². The molecule has 0 aliphatic rings. The van der Waals surface area contributed by atoms with Crippen LogP contribution in [-0.4, -0.2) is 26.0 Å². The van der Waals surface area contributed by atoms with Crippen LogP contribution < -0.4 is 10.2 Å². The summed E-state index contributed by atoms with van der Waals surface area (Å²) < 4.78 is 0. The maximum atomic E-state index is 11.4. The van der Waals surface area contributed by atoms with E-state index >= 15 is 0 Å². The highest BCUT2D eigenvalue weighted by atomic mass is 16.1. The summed E-state index contributed by atoms with van der Waals surface area (Å²) in [6.07, 6.45) is 3.38. The summed E-state index contributed by atoms with van der Waals surface area (Å²) in [6.45, 7) is 3.88. The van der Waals surface area contributed by atoms with E-state index in [0.29, 0.717) is 0 Å². The van der Waals surface area contributed by atoms with E-state index < -0.39 is 0 Å². The minimum Gasteiger partial charge on any atom is -0.378 e. The molecule has 1 aromatic rings. The van der Waals surface area contributed by atoms with Crippen molar-refractivity contribution in [2.24, 2.45) is 0 Å². The molecular weight excluding hydrogens is 212 g/mol. The van der Waals surface area contributed by atoms with E-state index in [2.05, 4.69) is 5.32 Å². The van der Waals surface area contributed by atoms with Gasteiger partial charge in [0.15, 0.2) is 0 Å². The predicted octanol–water partition coefficient (Wildman–Crippen LogP) is 2.29. The van der Waals surface area contributed by atoms with Crippen molar-refractivity contribution in [2.75, 3.05) is 19.0 Å². The number of rotatable bonds is 4. The fraction of sp³-hybridized carbons (Fsp3) is 0.357. The van der Waals surface area contributed by atoms with E-state index in [1.807, 2.05) is 63.2 Å². The number of carbonyl (C=O) groups is 1. The van der Waals surface area contributed by atoms with E-state index in [1.165, 1.54) is 0 Å². The zero-order valence-corrected chi connectivity index (χ0v) is 10.9. The van der Waals surface area contributed by atoms with Crippen LogP contribution in [0.1, 0.15) is 19.4 Å². The molecule has 0 unspecified atom stereocenters. The summed E-state index contributed by atoms with van der Waals surface area (Å²) in [5, 5.41) is 2.81. The zero-order chi connectivity index (χ0) is 12.8. The van der Waals surface area contributed by atoms with Gasteiger partial charge in [-0.1, -0.05) is 12.1 Å². The van der Waals surface area contributed by atoms with Crippen LogP contribution in [0.15, 0.2) is 30.3 Å². The maximum Gasteiger partial charge on any atom is 0.244 e. The zero-order valence-electron chi connectivity index (χ0n) is 10.9. The standard InChI is InChI=1S/C14H20N2O/c1-11(2)15-14(17)10-7-12-5-8-13(9-6-12)16(3)4/h5-11H,1-4H3,(H,15,17). The number of hydrogen-bond acceptors (Lipinski definition) is 2. The number of hydrogen-bond donors (Lipinski definition) is 1. The summed E-state index contributed by atoms with van der Waals surface area (Å²) in [5.74, 6) is -0.0586. The molecule has 0 radical (unpaired) electrons. The summed E-state index contributed by atoms with van der Waals surface area (Å²) in [7, 11) is 4.00. The lowest BCUT2D eigenvalue weighted by atomic mass is 10.2. The normalized spacial score (nSPS) is 10.9. The van der Waals surface area contributed by atoms with Crippen molar-refractivity contribution in [3.63, 3.8) is 0 Å². The van der Waals surface area contributed by atoms with Crippen molar-refractivity contribution in [2.45, 2.75) is 19.9 Å². The fourth-order valence-electron chi connectivity index (χ4n) is 1.39. The third-order valence-electron chi connectivity index (χ3n) is 2.27. The van der Waals surface area contributed by atoms with Crippen molar-refractivity contribution in [3.05, 3.63) is 35.9 Å². The van der Waals surface area contributed by atoms with Crippen LogP contribution in [0.4, 0.5) is 5.69 Å².